The van der Waals surface area contributed by atoms with Gasteiger partial charge in [0.15, 0.2) is 5.65 Å². The third-order valence-corrected chi connectivity index (χ3v) is 3.67. The number of piperazine rings is 1. The Bertz CT molecular complexity index is 581. The van der Waals surface area contributed by atoms with Crippen LogP contribution in [0.4, 0.5) is 5.82 Å². The number of fused-ring (bicyclic) bond motifs is 1. The van der Waals surface area contributed by atoms with Crippen molar-refractivity contribution in [2.75, 3.05) is 31.1 Å². The second kappa shape index (κ2) is 4.81. The van der Waals surface area contributed by atoms with Gasteiger partial charge in [-0.05, 0) is 32.4 Å². The Morgan fingerprint density at radius 2 is 2.00 bits per heavy atom. The summed E-state index contributed by atoms with van der Waals surface area (Å²) in [6.07, 6.45) is 2.10. The van der Waals surface area contributed by atoms with Crippen LogP contribution in [0.15, 0.2) is 12.3 Å². The molecule has 2 aromatic rings. The normalized spacial score (nSPS) is 16.5. The van der Waals surface area contributed by atoms with E-state index >= 15 is 0 Å². The van der Waals surface area contributed by atoms with Crippen molar-refractivity contribution in [3.63, 3.8) is 0 Å². The van der Waals surface area contributed by atoms with E-state index in [4.69, 9.17) is 4.98 Å². The number of hydrogen-bond donors (Lipinski definition) is 1. The molecule has 102 valence electrons. The number of pyridine rings is 1. The van der Waals surface area contributed by atoms with E-state index in [1.807, 2.05) is 4.68 Å². The lowest BCUT2D eigenvalue weighted by atomic mass is 10.2. The SMILES string of the molecule is Cc1cc(N2CCNCC2)nc2nn(C(C)C)cc12. The summed E-state index contributed by atoms with van der Waals surface area (Å²) in [6.45, 7) is 10.5. The van der Waals surface area contributed by atoms with Crippen LogP contribution in [0.25, 0.3) is 11.0 Å². The van der Waals surface area contributed by atoms with Gasteiger partial charge < -0.3 is 10.2 Å². The van der Waals surface area contributed by atoms with E-state index < -0.39 is 0 Å². The zero-order valence-corrected chi connectivity index (χ0v) is 11.8. The second-order valence-corrected chi connectivity index (χ2v) is 5.47. The van der Waals surface area contributed by atoms with Crippen LogP contribution < -0.4 is 10.2 Å². The molecule has 3 rings (SSSR count). The summed E-state index contributed by atoms with van der Waals surface area (Å²) >= 11 is 0. The van der Waals surface area contributed by atoms with Crippen molar-refractivity contribution >= 4 is 16.9 Å². The molecule has 3 heterocycles. The van der Waals surface area contributed by atoms with Crippen LogP contribution in [0.2, 0.25) is 0 Å². The maximum absolute atomic E-state index is 4.73. The summed E-state index contributed by atoms with van der Waals surface area (Å²) in [5, 5.41) is 9.12. The minimum Gasteiger partial charge on any atom is -0.354 e. The van der Waals surface area contributed by atoms with E-state index in [0.29, 0.717) is 6.04 Å². The number of nitrogens with zero attached hydrogens (tertiary/aromatic N) is 4. The third-order valence-electron chi connectivity index (χ3n) is 3.67. The van der Waals surface area contributed by atoms with Crippen LogP contribution in [0.1, 0.15) is 25.5 Å². The molecule has 5 heteroatoms. The number of aryl methyl sites for hydroxylation is 1. The van der Waals surface area contributed by atoms with Gasteiger partial charge in [0.2, 0.25) is 0 Å². The molecule has 0 spiro atoms. The van der Waals surface area contributed by atoms with Crippen LogP contribution in [-0.2, 0) is 0 Å². The van der Waals surface area contributed by atoms with Gasteiger partial charge in [-0.3, -0.25) is 4.68 Å². The van der Waals surface area contributed by atoms with Crippen molar-refractivity contribution in [3.8, 4) is 0 Å². The fourth-order valence-corrected chi connectivity index (χ4v) is 2.48. The number of anilines is 1. The summed E-state index contributed by atoms with van der Waals surface area (Å²) in [5.41, 5.74) is 2.12. The first-order chi connectivity index (χ1) is 9.15. The maximum atomic E-state index is 4.73. The van der Waals surface area contributed by atoms with Crippen LogP contribution >= 0.6 is 0 Å². The molecule has 0 amide bonds. The Balaban J connectivity index is 2.02. The Kier molecular flexibility index (Phi) is 3.14. The van der Waals surface area contributed by atoms with Crippen LogP contribution in [0, 0.1) is 6.92 Å². The number of nitrogens with one attached hydrogen (secondary N) is 1. The van der Waals surface area contributed by atoms with E-state index in [1.54, 1.807) is 0 Å². The predicted octanol–water partition coefficient (Wildman–Crippen LogP) is 1.73. The highest BCUT2D eigenvalue weighted by atomic mass is 15.3. The Morgan fingerprint density at radius 3 is 2.68 bits per heavy atom. The van der Waals surface area contributed by atoms with Gasteiger partial charge in [-0.25, -0.2) is 4.98 Å². The highest BCUT2D eigenvalue weighted by molar-refractivity contribution is 5.80. The largest absolute Gasteiger partial charge is 0.354 e. The van der Waals surface area contributed by atoms with E-state index in [2.05, 4.69) is 48.3 Å². The molecule has 0 aromatic carbocycles. The van der Waals surface area contributed by atoms with Gasteiger partial charge in [-0.2, -0.15) is 5.10 Å². The Morgan fingerprint density at radius 1 is 1.26 bits per heavy atom. The molecule has 1 aliphatic heterocycles. The summed E-state index contributed by atoms with van der Waals surface area (Å²) in [6, 6.07) is 2.55. The molecule has 0 atom stereocenters. The zero-order valence-electron chi connectivity index (χ0n) is 11.8. The fraction of sp³-hybridized carbons (Fsp3) is 0.571. The van der Waals surface area contributed by atoms with Crippen molar-refractivity contribution < 1.29 is 0 Å². The van der Waals surface area contributed by atoms with Crippen LogP contribution in [0.3, 0.4) is 0 Å². The molecule has 19 heavy (non-hydrogen) atoms. The Hall–Kier alpha value is -1.62. The highest BCUT2D eigenvalue weighted by Gasteiger charge is 2.15. The van der Waals surface area contributed by atoms with Gasteiger partial charge in [0, 0.05) is 43.8 Å². The molecule has 1 N–H and O–H groups in total. The molecule has 0 aliphatic carbocycles. The molecule has 2 aromatic heterocycles. The lowest BCUT2D eigenvalue weighted by Gasteiger charge is -2.28. The summed E-state index contributed by atoms with van der Waals surface area (Å²) < 4.78 is 1.99. The monoisotopic (exact) mass is 259 g/mol. The molecule has 1 aliphatic rings. The number of rotatable bonds is 2. The first-order valence-corrected chi connectivity index (χ1v) is 6.97. The Labute approximate surface area is 113 Å². The van der Waals surface area contributed by atoms with Crippen LogP contribution in [-0.4, -0.2) is 40.9 Å². The molecule has 1 fully saturated rings. The van der Waals surface area contributed by atoms with E-state index in [0.717, 1.165) is 43.0 Å². The number of aromatic nitrogens is 3. The van der Waals surface area contributed by atoms with Crippen LogP contribution in [0.5, 0.6) is 0 Å². The lowest BCUT2D eigenvalue weighted by Crippen LogP contribution is -2.43. The number of hydrogen-bond acceptors (Lipinski definition) is 4. The first-order valence-electron chi connectivity index (χ1n) is 6.97. The molecule has 1 saturated heterocycles. The van der Waals surface area contributed by atoms with Gasteiger partial charge in [0.05, 0.1) is 0 Å². The minimum atomic E-state index is 0.372. The molecule has 0 unspecified atom stereocenters. The molecule has 0 saturated carbocycles. The predicted molar refractivity (Wildman–Crippen MR) is 77.7 cm³/mol. The summed E-state index contributed by atoms with van der Waals surface area (Å²) in [4.78, 5) is 7.06. The standard InChI is InChI=1S/C14H21N5/c1-10(2)19-9-12-11(3)8-13(16-14(12)17-19)18-6-4-15-5-7-18/h8-10,15H,4-7H2,1-3H3. The molecule has 0 radical (unpaired) electrons. The van der Waals surface area contributed by atoms with Gasteiger partial charge >= 0.3 is 0 Å². The van der Waals surface area contributed by atoms with E-state index in [1.165, 1.54) is 5.56 Å². The first kappa shape index (κ1) is 12.4. The summed E-state index contributed by atoms with van der Waals surface area (Å²) in [7, 11) is 0. The third kappa shape index (κ3) is 2.30. The maximum Gasteiger partial charge on any atom is 0.183 e. The molecule has 0 bridgehead atoms. The average Bonchev–Trinajstić information content (AvgIpc) is 2.84. The quantitative estimate of drug-likeness (QED) is 0.892. The lowest BCUT2D eigenvalue weighted by molar-refractivity contribution is 0.536. The molecule has 5 nitrogen and oxygen atoms in total. The summed E-state index contributed by atoms with van der Waals surface area (Å²) in [5.74, 6) is 1.06. The van der Waals surface area contributed by atoms with E-state index in [-0.39, 0.29) is 0 Å². The minimum absolute atomic E-state index is 0.372. The fourth-order valence-electron chi connectivity index (χ4n) is 2.48. The zero-order chi connectivity index (χ0) is 13.4. The smallest absolute Gasteiger partial charge is 0.183 e. The van der Waals surface area contributed by atoms with Gasteiger partial charge in [0.25, 0.3) is 0 Å². The van der Waals surface area contributed by atoms with Crippen molar-refractivity contribution in [3.05, 3.63) is 17.8 Å². The topological polar surface area (TPSA) is 46.0 Å². The molecular weight excluding hydrogens is 238 g/mol. The van der Waals surface area contributed by atoms with Crippen molar-refractivity contribution in [1.29, 1.82) is 0 Å². The van der Waals surface area contributed by atoms with E-state index in [9.17, 15) is 0 Å². The van der Waals surface area contributed by atoms with Gasteiger partial charge in [-0.1, -0.05) is 0 Å². The second-order valence-electron chi connectivity index (χ2n) is 5.47. The van der Waals surface area contributed by atoms with Gasteiger partial charge in [-0.15, -0.1) is 0 Å². The van der Waals surface area contributed by atoms with Crippen molar-refractivity contribution in [2.45, 2.75) is 26.8 Å². The van der Waals surface area contributed by atoms with Crippen molar-refractivity contribution in [1.82, 2.24) is 20.1 Å². The average molecular weight is 259 g/mol. The van der Waals surface area contributed by atoms with Crippen molar-refractivity contribution in [2.24, 2.45) is 0 Å². The van der Waals surface area contributed by atoms with Gasteiger partial charge in [0.1, 0.15) is 5.82 Å². The highest BCUT2D eigenvalue weighted by Crippen LogP contribution is 2.23. The molecular formula is C14H21N5.